The zero-order valence-electron chi connectivity index (χ0n) is 10.3. The van der Waals surface area contributed by atoms with Crippen molar-refractivity contribution in [2.75, 3.05) is 32.8 Å². The highest BCUT2D eigenvalue weighted by molar-refractivity contribution is 4.72. The van der Waals surface area contributed by atoms with Crippen LogP contribution in [0.2, 0.25) is 0 Å². The van der Waals surface area contributed by atoms with Crippen molar-refractivity contribution in [3.8, 4) is 0 Å². The third-order valence-corrected chi connectivity index (χ3v) is 2.67. The molecule has 0 aromatic heterocycles. The molecule has 0 atom stereocenters. The molecule has 1 aliphatic heterocycles. The molecule has 1 heterocycles. The number of rotatable bonds is 8. The molecule has 0 spiro atoms. The van der Waals surface area contributed by atoms with E-state index in [4.69, 9.17) is 9.57 Å². The average Bonchev–Trinajstić information content (AvgIpc) is 2.30. The Balaban J connectivity index is 1.89. The van der Waals surface area contributed by atoms with Crippen LogP contribution in [0.1, 0.15) is 32.6 Å². The third-order valence-electron chi connectivity index (χ3n) is 2.67. The van der Waals surface area contributed by atoms with Crippen molar-refractivity contribution in [1.82, 2.24) is 10.4 Å². The molecule has 1 saturated heterocycles. The number of likely N-dealkylation sites (tertiary alicyclic amines) is 1. The number of ether oxygens (including phenoxy) is 1. The molecule has 4 heteroatoms. The highest BCUT2D eigenvalue weighted by atomic mass is 16.7. The molecule has 0 aromatic rings. The smallest absolute Gasteiger partial charge is 0.203 e. The number of hydroxylamine groups is 1. The van der Waals surface area contributed by atoms with Crippen molar-refractivity contribution in [2.24, 2.45) is 0 Å². The van der Waals surface area contributed by atoms with E-state index in [9.17, 15) is 0 Å². The lowest BCUT2D eigenvalue weighted by atomic mass is 10.1. The van der Waals surface area contributed by atoms with E-state index in [0.717, 1.165) is 13.0 Å². The summed E-state index contributed by atoms with van der Waals surface area (Å²) in [7, 11) is 0. The van der Waals surface area contributed by atoms with Gasteiger partial charge in [-0.25, -0.2) is 5.48 Å². The largest absolute Gasteiger partial charge is 0.478 e. The van der Waals surface area contributed by atoms with Crippen LogP contribution in [0.15, 0.2) is 12.5 Å². The van der Waals surface area contributed by atoms with Gasteiger partial charge in [0.15, 0.2) is 0 Å². The number of nitrogens with zero attached hydrogens (tertiary/aromatic N) is 1. The average molecular weight is 228 g/mol. The molecule has 16 heavy (non-hydrogen) atoms. The van der Waals surface area contributed by atoms with Gasteiger partial charge >= 0.3 is 0 Å². The lowest BCUT2D eigenvalue weighted by Gasteiger charge is -2.26. The summed E-state index contributed by atoms with van der Waals surface area (Å²) in [6.45, 7) is 10.5. The highest BCUT2D eigenvalue weighted by Crippen LogP contribution is 2.08. The topological polar surface area (TPSA) is 33.7 Å². The van der Waals surface area contributed by atoms with Gasteiger partial charge in [-0.3, -0.25) is 4.84 Å². The summed E-state index contributed by atoms with van der Waals surface area (Å²) in [6.07, 6.45) is 5.13. The van der Waals surface area contributed by atoms with Crippen LogP contribution in [0.3, 0.4) is 0 Å². The monoisotopic (exact) mass is 228 g/mol. The molecule has 0 aliphatic carbocycles. The maximum Gasteiger partial charge on any atom is 0.203 e. The van der Waals surface area contributed by atoms with Gasteiger partial charge in [-0.1, -0.05) is 6.42 Å². The van der Waals surface area contributed by atoms with E-state index in [1.54, 1.807) is 0 Å². The molecule has 4 nitrogen and oxygen atoms in total. The normalized spacial score (nSPS) is 17.1. The molecule has 0 radical (unpaired) electrons. The number of piperidine rings is 1. The van der Waals surface area contributed by atoms with E-state index in [-0.39, 0.29) is 0 Å². The molecule has 1 N–H and O–H groups in total. The first-order chi connectivity index (χ1) is 7.83. The summed E-state index contributed by atoms with van der Waals surface area (Å²) < 4.78 is 5.10. The van der Waals surface area contributed by atoms with Gasteiger partial charge < -0.3 is 9.64 Å². The maximum absolute atomic E-state index is 5.24. The molecular formula is C12H24N2O2. The van der Waals surface area contributed by atoms with Crippen LogP contribution in [0.25, 0.3) is 0 Å². The minimum absolute atomic E-state index is 0.487. The van der Waals surface area contributed by atoms with Crippen molar-refractivity contribution < 1.29 is 9.57 Å². The standard InChI is InChI=1S/C12H24N2O2/c1-3-15-12(2)13-16-11-7-10-14-8-5-4-6-9-14/h13H,2-11H2,1H3. The Hall–Kier alpha value is -0.740. The molecule has 0 unspecified atom stereocenters. The van der Waals surface area contributed by atoms with Gasteiger partial charge in [-0.15, -0.1) is 0 Å². The molecule has 1 fully saturated rings. The molecule has 1 rings (SSSR count). The van der Waals surface area contributed by atoms with Crippen molar-refractivity contribution in [3.63, 3.8) is 0 Å². The van der Waals surface area contributed by atoms with Gasteiger partial charge in [0.2, 0.25) is 5.88 Å². The zero-order valence-corrected chi connectivity index (χ0v) is 10.3. The van der Waals surface area contributed by atoms with Crippen molar-refractivity contribution in [2.45, 2.75) is 32.6 Å². The minimum Gasteiger partial charge on any atom is -0.478 e. The molecular weight excluding hydrogens is 204 g/mol. The summed E-state index contributed by atoms with van der Waals surface area (Å²) in [5.74, 6) is 0.487. The summed E-state index contributed by atoms with van der Waals surface area (Å²) in [5.41, 5.74) is 2.69. The van der Waals surface area contributed by atoms with Crippen LogP contribution < -0.4 is 5.48 Å². The van der Waals surface area contributed by atoms with E-state index in [1.807, 2.05) is 6.92 Å². The lowest BCUT2D eigenvalue weighted by molar-refractivity contribution is 0.0119. The van der Waals surface area contributed by atoms with Gasteiger partial charge in [0.1, 0.15) is 0 Å². The molecule has 0 saturated carbocycles. The predicted octanol–water partition coefficient (Wildman–Crippen LogP) is 1.89. The number of nitrogens with one attached hydrogen (secondary N) is 1. The van der Waals surface area contributed by atoms with E-state index < -0.39 is 0 Å². The Morgan fingerprint density at radius 2 is 2.06 bits per heavy atom. The second-order valence-electron chi connectivity index (χ2n) is 4.06. The predicted molar refractivity (Wildman–Crippen MR) is 64.8 cm³/mol. The Labute approximate surface area is 98.5 Å². The molecule has 94 valence electrons. The fraction of sp³-hybridized carbons (Fsp3) is 0.833. The SMILES string of the molecule is C=C(NOCCCN1CCCCC1)OCC. The Morgan fingerprint density at radius 1 is 1.31 bits per heavy atom. The van der Waals surface area contributed by atoms with Gasteiger partial charge in [-0.2, -0.15) is 0 Å². The lowest BCUT2D eigenvalue weighted by Crippen LogP contribution is -2.31. The van der Waals surface area contributed by atoms with Crippen LogP contribution in [0.5, 0.6) is 0 Å². The Bertz CT molecular complexity index is 191. The fourth-order valence-electron chi connectivity index (χ4n) is 1.88. The van der Waals surface area contributed by atoms with Crippen LogP contribution >= 0.6 is 0 Å². The highest BCUT2D eigenvalue weighted by Gasteiger charge is 2.08. The van der Waals surface area contributed by atoms with Crippen molar-refractivity contribution in [3.05, 3.63) is 12.5 Å². The quantitative estimate of drug-likeness (QED) is 0.391. The third kappa shape index (κ3) is 5.98. The number of hydrogen-bond acceptors (Lipinski definition) is 4. The first kappa shape index (κ1) is 13.3. The summed E-state index contributed by atoms with van der Waals surface area (Å²) >= 11 is 0. The first-order valence-corrected chi connectivity index (χ1v) is 6.24. The molecule has 0 bridgehead atoms. The Morgan fingerprint density at radius 3 is 2.75 bits per heavy atom. The summed E-state index contributed by atoms with van der Waals surface area (Å²) in [6, 6.07) is 0. The molecule has 0 aromatic carbocycles. The van der Waals surface area contributed by atoms with Crippen molar-refractivity contribution in [1.29, 1.82) is 0 Å². The van der Waals surface area contributed by atoms with Gasteiger partial charge in [0.25, 0.3) is 0 Å². The van der Waals surface area contributed by atoms with Gasteiger partial charge in [-0.05, 0) is 45.9 Å². The zero-order chi connectivity index (χ0) is 11.6. The summed E-state index contributed by atoms with van der Waals surface area (Å²) in [4.78, 5) is 7.74. The van der Waals surface area contributed by atoms with E-state index in [0.29, 0.717) is 19.1 Å². The minimum atomic E-state index is 0.487. The first-order valence-electron chi connectivity index (χ1n) is 6.24. The van der Waals surface area contributed by atoms with Crippen LogP contribution in [-0.4, -0.2) is 37.7 Å². The molecule has 1 aliphatic rings. The fourth-order valence-corrected chi connectivity index (χ4v) is 1.88. The Kier molecular flexibility index (Phi) is 7.01. The van der Waals surface area contributed by atoms with Crippen molar-refractivity contribution >= 4 is 0 Å². The van der Waals surface area contributed by atoms with E-state index >= 15 is 0 Å². The van der Waals surface area contributed by atoms with E-state index in [1.165, 1.54) is 32.4 Å². The van der Waals surface area contributed by atoms with Crippen LogP contribution in [-0.2, 0) is 9.57 Å². The van der Waals surface area contributed by atoms with Gasteiger partial charge in [0.05, 0.1) is 13.2 Å². The molecule has 0 amide bonds. The second kappa shape index (κ2) is 8.42. The van der Waals surface area contributed by atoms with Gasteiger partial charge in [0, 0.05) is 6.54 Å². The number of hydrogen-bond donors (Lipinski definition) is 1. The van der Waals surface area contributed by atoms with Crippen LogP contribution in [0.4, 0.5) is 0 Å². The van der Waals surface area contributed by atoms with Crippen LogP contribution in [0, 0.1) is 0 Å². The maximum atomic E-state index is 5.24. The van der Waals surface area contributed by atoms with E-state index in [2.05, 4.69) is 17.0 Å². The summed E-state index contributed by atoms with van der Waals surface area (Å²) in [5, 5.41) is 0. The second-order valence-corrected chi connectivity index (χ2v) is 4.06.